The first-order valence-electron chi connectivity index (χ1n) is 5.38. The molecule has 1 aromatic carbocycles. The molecule has 1 heterocycles. The van der Waals surface area contributed by atoms with E-state index < -0.39 is 0 Å². The fraction of sp³-hybridized carbons (Fsp3) is 0.154. The van der Waals surface area contributed by atoms with Gasteiger partial charge in [0.05, 0.1) is 12.2 Å². The van der Waals surface area contributed by atoms with Crippen LogP contribution in [0.4, 0.5) is 5.69 Å². The minimum absolute atomic E-state index is 0.127. The third-order valence-electron chi connectivity index (χ3n) is 2.76. The van der Waals surface area contributed by atoms with E-state index in [1.807, 2.05) is 0 Å². The molecule has 0 aliphatic rings. The first-order valence-corrected chi connectivity index (χ1v) is 6.14. The summed E-state index contributed by atoms with van der Waals surface area (Å²) in [6.07, 6.45) is 1.61. The molecule has 2 N–H and O–H groups in total. The second kappa shape index (κ2) is 5.04. The highest BCUT2D eigenvalue weighted by Crippen LogP contribution is 2.24. The molecule has 0 saturated carbocycles. The summed E-state index contributed by atoms with van der Waals surface area (Å²) in [5, 5.41) is 1.07. The van der Waals surface area contributed by atoms with Crippen molar-refractivity contribution in [1.82, 2.24) is 4.57 Å². The van der Waals surface area contributed by atoms with Crippen LogP contribution >= 0.6 is 23.2 Å². The van der Waals surface area contributed by atoms with Gasteiger partial charge in [0.15, 0.2) is 0 Å². The number of nitrogen functional groups attached to an aromatic ring is 1. The van der Waals surface area contributed by atoms with Crippen molar-refractivity contribution in [3.63, 3.8) is 0 Å². The largest absolute Gasteiger partial charge is 0.397 e. The van der Waals surface area contributed by atoms with Crippen LogP contribution in [0.3, 0.4) is 0 Å². The van der Waals surface area contributed by atoms with Gasteiger partial charge in [0.2, 0.25) is 0 Å². The number of halogens is 2. The van der Waals surface area contributed by atoms with E-state index in [0.717, 1.165) is 5.56 Å². The van der Waals surface area contributed by atoms with Crippen molar-refractivity contribution >= 4 is 28.9 Å². The van der Waals surface area contributed by atoms with Crippen LogP contribution in [-0.2, 0) is 6.54 Å². The molecule has 94 valence electrons. The zero-order valence-corrected chi connectivity index (χ0v) is 11.3. The Kier molecular flexibility index (Phi) is 3.64. The Morgan fingerprint density at radius 2 is 1.89 bits per heavy atom. The monoisotopic (exact) mass is 282 g/mol. The fourth-order valence-electron chi connectivity index (χ4n) is 1.66. The van der Waals surface area contributed by atoms with E-state index in [1.54, 1.807) is 31.3 Å². The van der Waals surface area contributed by atoms with Crippen LogP contribution in [0.15, 0.2) is 35.3 Å². The van der Waals surface area contributed by atoms with Crippen molar-refractivity contribution in [3.05, 3.63) is 62.0 Å². The minimum atomic E-state index is -0.127. The molecule has 3 nitrogen and oxygen atoms in total. The van der Waals surface area contributed by atoms with Crippen LogP contribution in [-0.4, -0.2) is 4.57 Å². The molecule has 0 saturated heterocycles. The number of nitrogens with zero attached hydrogens (tertiary/aromatic N) is 1. The second-order valence-corrected chi connectivity index (χ2v) is 4.89. The lowest BCUT2D eigenvalue weighted by Gasteiger charge is -2.11. The van der Waals surface area contributed by atoms with Crippen LogP contribution in [0.5, 0.6) is 0 Å². The van der Waals surface area contributed by atoms with E-state index >= 15 is 0 Å². The van der Waals surface area contributed by atoms with E-state index in [9.17, 15) is 4.79 Å². The van der Waals surface area contributed by atoms with Crippen molar-refractivity contribution in [3.8, 4) is 0 Å². The van der Waals surface area contributed by atoms with Crippen LogP contribution in [0.1, 0.15) is 11.1 Å². The molecule has 0 spiro atoms. The van der Waals surface area contributed by atoms with Crippen LogP contribution < -0.4 is 11.3 Å². The zero-order chi connectivity index (χ0) is 13.3. The Morgan fingerprint density at radius 1 is 1.28 bits per heavy atom. The number of hydrogen-bond acceptors (Lipinski definition) is 2. The summed E-state index contributed by atoms with van der Waals surface area (Å²) in [6.45, 7) is 2.10. The van der Waals surface area contributed by atoms with Gasteiger partial charge in [0, 0.05) is 27.9 Å². The van der Waals surface area contributed by atoms with Crippen LogP contribution in [0.25, 0.3) is 0 Å². The van der Waals surface area contributed by atoms with Gasteiger partial charge < -0.3 is 10.3 Å². The number of benzene rings is 1. The van der Waals surface area contributed by atoms with Gasteiger partial charge in [-0.1, -0.05) is 29.3 Å². The van der Waals surface area contributed by atoms with E-state index in [0.29, 0.717) is 27.8 Å². The van der Waals surface area contributed by atoms with Crippen molar-refractivity contribution in [1.29, 1.82) is 0 Å². The Balaban J connectivity index is 2.47. The first kappa shape index (κ1) is 13.0. The van der Waals surface area contributed by atoms with Gasteiger partial charge in [0.1, 0.15) is 0 Å². The predicted octanol–water partition coefficient (Wildman–Crippen LogP) is 3.09. The summed E-state index contributed by atoms with van der Waals surface area (Å²) in [5.41, 5.74) is 7.71. The van der Waals surface area contributed by atoms with Crippen molar-refractivity contribution in [2.24, 2.45) is 0 Å². The van der Waals surface area contributed by atoms with Gasteiger partial charge in [-0.15, -0.1) is 0 Å². The average Bonchev–Trinajstić information content (AvgIpc) is 2.30. The zero-order valence-electron chi connectivity index (χ0n) is 9.78. The Hall–Kier alpha value is -1.45. The number of nitrogens with two attached hydrogens (primary N) is 1. The molecule has 0 fully saturated rings. The van der Waals surface area contributed by atoms with Crippen molar-refractivity contribution < 1.29 is 0 Å². The molecule has 0 unspecified atom stereocenters. The molecule has 0 amide bonds. The van der Waals surface area contributed by atoms with E-state index in [-0.39, 0.29) is 5.56 Å². The van der Waals surface area contributed by atoms with Gasteiger partial charge in [0.25, 0.3) is 5.56 Å². The third kappa shape index (κ3) is 2.52. The van der Waals surface area contributed by atoms with E-state index in [1.165, 1.54) is 10.6 Å². The summed E-state index contributed by atoms with van der Waals surface area (Å²) in [5.74, 6) is 0. The maximum atomic E-state index is 11.8. The number of pyridine rings is 1. The summed E-state index contributed by atoms with van der Waals surface area (Å²) in [7, 11) is 0. The average molecular weight is 283 g/mol. The molecule has 0 radical (unpaired) electrons. The lowest BCUT2D eigenvalue weighted by molar-refractivity contribution is 0.759. The Bertz CT molecular complexity index is 630. The fourth-order valence-corrected chi connectivity index (χ4v) is 2.18. The lowest BCUT2D eigenvalue weighted by atomic mass is 10.2. The van der Waals surface area contributed by atoms with Crippen LogP contribution in [0.2, 0.25) is 10.0 Å². The Labute approximate surface area is 115 Å². The minimum Gasteiger partial charge on any atom is -0.397 e. The SMILES string of the molecule is Cc1cc(=O)n(Cc2c(Cl)cccc2Cl)cc1N. The molecule has 18 heavy (non-hydrogen) atoms. The van der Waals surface area contributed by atoms with E-state index in [4.69, 9.17) is 28.9 Å². The Morgan fingerprint density at radius 3 is 2.50 bits per heavy atom. The molecule has 2 rings (SSSR count). The highest BCUT2D eigenvalue weighted by Gasteiger charge is 2.08. The molecule has 0 atom stereocenters. The maximum Gasteiger partial charge on any atom is 0.251 e. The molecule has 2 aromatic rings. The third-order valence-corrected chi connectivity index (χ3v) is 3.47. The van der Waals surface area contributed by atoms with Gasteiger partial charge in [-0.05, 0) is 24.6 Å². The smallest absolute Gasteiger partial charge is 0.251 e. The first-order chi connectivity index (χ1) is 8.49. The van der Waals surface area contributed by atoms with Crippen LogP contribution in [0, 0.1) is 6.92 Å². The van der Waals surface area contributed by atoms with E-state index in [2.05, 4.69) is 0 Å². The molecular weight excluding hydrogens is 271 g/mol. The molecule has 1 aromatic heterocycles. The topological polar surface area (TPSA) is 48.0 Å². The highest BCUT2D eigenvalue weighted by molar-refractivity contribution is 6.35. The quantitative estimate of drug-likeness (QED) is 0.920. The second-order valence-electron chi connectivity index (χ2n) is 4.08. The van der Waals surface area contributed by atoms with Crippen molar-refractivity contribution in [2.75, 3.05) is 5.73 Å². The number of anilines is 1. The van der Waals surface area contributed by atoms with Gasteiger partial charge >= 0.3 is 0 Å². The predicted molar refractivity (Wildman–Crippen MR) is 75.4 cm³/mol. The number of hydrogen-bond donors (Lipinski definition) is 1. The summed E-state index contributed by atoms with van der Waals surface area (Å²) in [6, 6.07) is 6.75. The maximum absolute atomic E-state index is 11.8. The number of aromatic nitrogens is 1. The molecule has 5 heteroatoms. The summed E-state index contributed by atoms with van der Waals surface area (Å²) in [4.78, 5) is 11.8. The number of rotatable bonds is 2. The normalized spacial score (nSPS) is 10.6. The standard InChI is InChI=1S/C13H12Cl2N2O/c1-8-5-13(18)17(7-12(8)16)6-9-10(14)3-2-4-11(9)15/h2-5,7H,6,16H2,1H3. The van der Waals surface area contributed by atoms with Gasteiger partial charge in [-0.3, -0.25) is 4.79 Å². The molecule has 0 aliphatic carbocycles. The highest BCUT2D eigenvalue weighted by atomic mass is 35.5. The molecule has 0 bridgehead atoms. The lowest BCUT2D eigenvalue weighted by Crippen LogP contribution is -2.21. The molecular formula is C13H12Cl2N2O. The summed E-state index contributed by atoms with van der Waals surface area (Å²) >= 11 is 12.1. The number of aryl methyl sites for hydroxylation is 1. The van der Waals surface area contributed by atoms with Gasteiger partial charge in [-0.25, -0.2) is 0 Å². The summed E-state index contributed by atoms with van der Waals surface area (Å²) < 4.78 is 1.50. The van der Waals surface area contributed by atoms with Crippen molar-refractivity contribution in [2.45, 2.75) is 13.5 Å². The van der Waals surface area contributed by atoms with Gasteiger partial charge in [-0.2, -0.15) is 0 Å². The molecule has 0 aliphatic heterocycles.